The Balaban J connectivity index is 2.08. The maximum Gasteiger partial charge on any atom is 0.410 e. The van der Waals surface area contributed by atoms with Gasteiger partial charge in [-0.2, -0.15) is 0 Å². The molecule has 5 heteroatoms. The number of hydrogen-bond acceptors (Lipinski definition) is 4. The van der Waals surface area contributed by atoms with Crippen molar-refractivity contribution in [3.05, 3.63) is 0 Å². The van der Waals surface area contributed by atoms with E-state index in [1.807, 2.05) is 27.7 Å². The highest BCUT2D eigenvalue weighted by atomic mass is 16.6. The molecule has 0 aromatic rings. The number of nitrogens with zero attached hydrogens (tertiary/aromatic N) is 1. The predicted octanol–water partition coefficient (Wildman–Crippen LogP) is 1.00. The highest BCUT2D eigenvalue weighted by Crippen LogP contribution is 2.34. The molecule has 0 radical (unpaired) electrons. The molecule has 2 heterocycles. The van der Waals surface area contributed by atoms with Gasteiger partial charge in [0.1, 0.15) is 11.7 Å². The van der Waals surface area contributed by atoms with Crippen LogP contribution in [0, 0.1) is 5.92 Å². The molecule has 4 atom stereocenters. The summed E-state index contributed by atoms with van der Waals surface area (Å²) in [6.45, 7) is 8.43. The third-order valence-corrected chi connectivity index (χ3v) is 3.22. The molecule has 1 amide bonds. The first-order valence-electron chi connectivity index (χ1n) is 6.09. The van der Waals surface area contributed by atoms with Crippen molar-refractivity contribution in [2.45, 2.75) is 51.5 Å². The smallest absolute Gasteiger partial charge is 0.410 e. The lowest BCUT2D eigenvalue weighted by atomic mass is 10.0. The van der Waals surface area contributed by atoms with E-state index < -0.39 is 11.7 Å². The van der Waals surface area contributed by atoms with Crippen LogP contribution in [0.25, 0.3) is 0 Å². The summed E-state index contributed by atoms with van der Waals surface area (Å²) >= 11 is 0. The van der Waals surface area contributed by atoms with Crippen LogP contribution in [0.4, 0.5) is 4.79 Å². The maximum absolute atomic E-state index is 12.0. The van der Waals surface area contributed by atoms with Gasteiger partial charge in [0.15, 0.2) is 0 Å². The van der Waals surface area contributed by atoms with Crippen LogP contribution in [0.3, 0.4) is 0 Å². The van der Waals surface area contributed by atoms with Gasteiger partial charge < -0.3 is 14.6 Å². The quantitative estimate of drug-likeness (QED) is 0.689. The van der Waals surface area contributed by atoms with Crippen molar-refractivity contribution in [1.29, 1.82) is 0 Å². The Morgan fingerprint density at radius 3 is 2.71 bits per heavy atom. The zero-order valence-electron chi connectivity index (χ0n) is 10.8. The zero-order chi connectivity index (χ0) is 12.8. The van der Waals surface area contributed by atoms with Crippen molar-refractivity contribution in [3.63, 3.8) is 0 Å². The van der Waals surface area contributed by atoms with E-state index in [0.29, 0.717) is 13.2 Å². The minimum atomic E-state index is -0.600. The number of likely N-dealkylation sites (tertiary alicyclic amines) is 1. The second kappa shape index (κ2) is 4.14. The number of ether oxygens (including phenoxy) is 2. The van der Waals surface area contributed by atoms with Crippen LogP contribution < -0.4 is 0 Å². The first kappa shape index (κ1) is 12.6. The highest BCUT2D eigenvalue weighted by molar-refractivity contribution is 5.69. The molecule has 2 aliphatic rings. The molecule has 0 aromatic heterocycles. The van der Waals surface area contributed by atoms with E-state index in [0.717, 1.165) is 0 Å². The number of carbonyl (C=O) groups excluding carboxylic acids is 1. The molecule has 2 saturated heterocycles. The van der Waals surface area contributed by atoms with E-state index in [1.165, 1.54) is 0 Å². The van der Waals surface area contributed by atoms with Crippen molar-refractivity contribution in [1.82, 2.24) is 4.90 Å². The molecule has 0 bridgehead atoms. The average Bonchev–Trinajstić information content (AvgIpc) is 2.67. The Morgan fingerprint density at radius 2 is 2.12 bits per heavy atom. The Hall–Kier alpha value is -0.810. The molecule has 0 aliphatic carbocycles. The number of rotatable bonds is 0. The molecular weight excluding hydrogens is 222 g/mol. The van der Waals surface area contributed by atoms with Crippen LogP contribution in [0.1, 0.15) is 27.7 Å². The summed E-state index contributed by atoms with van der Waals surface area (Å²) in [6, 6.07) is -0.250. The fraction of sp³-hybridized carbons (Fsp3) is 0.917. The number of aliphatic hydroxyl groups excluding tert-OH is 1. The summed E-state index contributed by atoms with van der Waals surface area (Å²) in [5.74, 6) is 0.240. The number of hydrogen-bond donors (Lipinski definition) is 1. The largest absolute Gasteiger partial charge is 0.444 e. The van der Waals surface area contributed by atoms with Crippen molar-refractivity contribution < 1.29 is 19.4 Å². The molecule has 2 aliphatic heterocycles. The molecular formula is C12H21NO4. The third kappa shape index (κ3) is 2.40. The number of fused-ring (bicyclic) bond motifs is 1. The predicted molar refractivity (Wildman–Crippen MR) is 61.6 cm³/mol. The standard InChI is InChI=1S/C12H21NO4/c1-7-5-13(11(15)17-12(2,3)4)9-8(14)6-16-10(7)9/h7-10,14H,5-6H2,1-4H3/t7-,8-,9+,10+/m0/s1. The van der Waals surface area contributed by atoms with Gasteiger partial charge in [0, 0.05) is 12.5 Å². The van der Waals surface area contributed by atoms with E-state index in [2.05, 4.69) is 0 Å². The molecule has 98 valence electrons. The Kier molecular flexibility index (Phi) is 3.08. The van der Waals surface area contributed by atoms with E-state index in [-0.39, 0.29) is 24.2 Å². The monoisotopic (exact) mass is 243 g/mol. The average molecular weight is 243 g/mol. The van der Waals surface area contributed by atoms with E-state index in [9.17, 15) is 9.90 Å². The minimum absolute atomic E-state index is 0.0579. The van der Waals surface area contributed by atoms with Crippen molar-refractivity contribution in [3.8, 4) is 0 Å². The van der Waals surface area contributed by atoms with E-state index in [1.54, 1.807) is 4.90 Å². The topological polar surface area (TPSA) is 59.0 Å². The van der Waals surface area contributed by atoms with E-state index >= 15 is 0 Å². The van der Waals surface area contributed by atoms with Gasteiger partial charge in [0.2, 0.25) is 0 Å². The zero-order valence-corrected chi connectivity index (χ0v) is 10.8. The molecule has 1 N–H and O–H groups in total. The lowest BCUT2D eigenvalue weighted by molar-refractivity contribution is 0.0102. The normalized spacial score (nSPS) is 37.1. The van der Waals surface area contributed by atoms with E-state index in [4.69, 9.17) is 9.47 Å². The van der Waals surface area contributed by atoms with Gasteiger partial charge in [0.25, 0.3) is 0 Å². The van der Waals surface area contributed by atoms with Crippen LogP contribution >= 0.6 is 0 Å². The lowest BCUT2D eigenvalue weighted by Gasteiger charge is -2.28. The van der Waals surface area contributed by atoms with Gasteiger partial charge in [-0.05, 0) is 20.8 Å². The molecule has 5 nitrogen and oxygen atoms in total. The summed E-state index contributed by atoms with van der Waals surface area (Å²) in [5, 5.41) is 9.86. The lowest BCUT2D eigenvalue weighted by Crippen LogP contribution is -2.46. The second-order valence-corrected chi connectivity index (χ2v) is 5.97. The van der Waals surface area contributed by atoms with Gasteiger partial charge in [0.05, 0.1) is 18.8 Å². The summed E-state index contributed by atoms with van der Waals surface area (Å²) in [4.78, 5) is 13.6. The molecule has 0 unspecified atom stereocenters. The first-order valence-corrected chi connectivity index (χ1v) is 6.09. The number of amides is 1. The third-order valence-electron chi connectivity index (χ3n) is 3.22. The summed E-state index contributed by atoms with van der Waals surface area (Å²) in [7, 11) is 0. The number of carbonyl (C=O) groups is 1. The first-order chi connectivity index (χ1) is 7.79. The summed E-state index contributed by atoms with van der Waals surface area (Å²) in [6.07, 6.45) is -1.02. The van der Waals surface area contributed by atoms with Crippen LogP contribution in [0.2, 0.25) is 0 Å². The molecule has 0 spiro atoms. The SMILES string of the molecule is C[C@H]1CN(C(=O)OC(C)(C)C)[C@H]2[C@@H]1OC[C@@H]2O. The Labute approximate surface area is 102 Å². The van der Waals surface area contributed by atoms with Gasteiger partial charge in [-0.15, -0.1) is 0 Å². The Bertz CT molecular complexity index is 312. The van der Waals surface area contributed by atoms with Crippen LogP contribution in [-0.2, 0) is 9.47 Å². The fourth-order valence-corrected chi connectivity index (χ4v) is 2.56. The maximum atomic E-state index is 12.0. The van der Waals surface area contributed by atoms with Gasteiger partial charge in [-0.25, -0.2) is 4.79 Å². The molecule has 2 fully saturated rings. The van der Waals surface area contributed by atoms with Crippen LogP contribution in [-0.4, -0.2) is 53.1 Å². The molecule has 0 saturated carbocycles. The van der Waals surface area contributed by atoms with Crippen LogP contribution in [0.5, 0.6) is 0 Å². The number of aliphatic hydroxyl groups is 1. The van der Waals surface area contributed by atoms with Crippen molar-refractivity contribution >= 4 is 6.09 Å². The molecule has 2 rings (SSSR count). The van der Waals surface area contributed by atoms with Gasteiger partial charge in [-0.3, -0.25) is 4.90 Å². The molecule has 17 heavy (non-hydrogen) atoms. The minimum Gasteiger partial charge on any atom is -0.444 e. The van der Waals surface area contributed by atoms with Gasteiger partial charge >= 0.3 is 6.09 Å². The summed E-state index contributed by atoms with van der Waals surface area (Å²) in [5.41, 5.74) is -0.511. The highest BCUT2D eigenvalue weighted by Gasteiger charge is 2.51. The second-order valence-electron chi connectivity index (χ2n) is 5.97. The van der Waals surface area contributed by atoms with Crippen molar-refractivity contribution in [2.24, 2.45) is 5.92 Å². The summed E-state index contributed by atoms with van der Waals surface area (Å²) < 4.78 is 10.9. The van der Waals surface area contributed by atoms with Crippen molar-refractivity contribution in [2.75, 3.05) is 13.2 Å². The Morgan fingerprint density at radius 1 is 1.47 bits per heavy atom. The van der Waals surface area contributed by atoms with Gasteiger partial charge in [-0.1, -0.05) is 6.92 Å². The van der Waals surface area contributed by atoms with Crippen LogP contribution in [0.15, 0.2) is 0 Å². The molecule has 0 aromatic carbocycles. The fourth-order valence-electron chi connectivity index (χ4n) is 2.56.